The first-order valence-electron chi connectivity index (χ1n) is 5.31. The minimum atomic E-state index is -0.179. The molecule has 0 atom stereocenters. The van der Waals surface area contributed by atoms with E-state index < -0.39 is 0 Å². The fraction of sp³-hybridized carbons (Fsp3) is 0.273. The molecule has 1 aromatic carbocycles. The molecule has 2 rings (SSSR count). The second-order valence-corrected chi connectivity index (χ2v) is 4.72. The molecule has 2 aromatic rings. The lowest BCUT2D eigenvalue weighted by Crippen LogP contribution is -2.15. The molecule has 0 spiro atoms. The minimum Gasteiger partial charge on any atom is -0.399 e. The Morgan fingerprint density at radius 3 is 2.94 bits per heavy atom. The van der Waals surface area contributed by atoms with Gasteiger partial charge in [-0.05, 0) is 49.4 Å². The first-order chi connectivity index (χ1) is 8.11. The number of nitrogen functional groups attached to an aromatic ring is 1. The third-order valence-corrected chi connectivity index (χ3v) is 3.47. The quantitative estimate of drug-likeness (QED) is 0.812. The van der Waals surface area contributed by atoms with Crippen LogP contribution in [0.15, 0.2) is 33.0 Å². The molecule has 1 heterocycles. The maximum atomic E-state index is 11.4. The number of H-pyrrole nitrogens is 1. The van der Waals surface area contributed by atoms with Crippen LogP contribution in [0.2, 0.25) is 0 Å². The Labute approximate surface area is 103 Å². The minimum absolute atomic E-state index is 0.179. The number of aromatic nitrogens is 3. The van der Waals surface area contributed by atoms with Gasteiger partial charge in [0.15, 0.2) is 5.16 Å². The van der Waals surface area contributed by atoms with Gasteiger partial charge in [0.25, 0.3) is 0 Å². The summed E-state index contributed by atoms with van der Waals surface area (Å²) in [4.78, 5) is 12.4. The van der Waals surface area contributed by atoms with Crippen LogP contribution in [0.5, 0.6) is 0 Å². The normalized spacial score (nSPS) is 10.7. The highest BCUT2D eigenvalue weighted by Gasteiger charge is 2.08. The van der Waals surface area contributed by atoms with Gasteiger partial charge < -0.3 is 5.73 Å². The Balaban J connectivity index is 2.31. The lowest BCUT2D eigenvalue weighted by molar-refractivity contribution is 0.660. The average Bonchev–Trinajstić information content (AvgIpc) is 2.64. The maximum absolute atomic E-state index is 11.4. The van der Waals surface area contributed by atoms with Gasteiger partial charge in [-0.25, -0.2) is 9.89 Å². The predicted octanol–water partition coefficient (Wildman–Crippen LogP) is 1.63. The van der Waals surface area contributed by atoms with Crippen molar-refractivity contribution in [2.45, 2.75) is 30.4 Å². The van der Waals surface area contributed by atoms with Crippen molar-refractivity contribution in [1.82, 2.24) is 14.8 Å². The zero-order valence-corrected chi connectivity index (χ0v) is 10.5. The Kier molecular flexibility index (Phi) is 3.23. The highest BCUT2D eigenvalue weighted by molar-refractivity contribution is 7.99. The SMILES string of the molecule is CCn1c(Sc2ccc(N)c(C)c2)n[nH]c1=O. The Morgan fingerprint density at radius 2 is 2.29 bits per heavy atom. The molecule has 0 amide bonds. The summed E-state index contributed by atoms with van der Waals surface area (Å²) in [6, 6.07) is 5.77. The van der Waals surface area contributed by atoms with Crippen molar-refractivity contribution in [2.24, 2.45) is 0 Å². The van der Waals surface area contributed by atoms with Crippen LogP contribution in [0.4, 0.5) is 5.69 Å². The number of rotatable bonds is 3. The van der Waals surface area contributed by atoms with Crippen molar-refractivity contribution in [1.29, 1.82) is 0 Å². The molecule has 0 aliphatic carbocycles. The molecule has 0 radical (unpaired) electrons. The van der Waals surface area contributed by atoms with E-state index in [0.717, 1.165) is 16.1 Å². The van der Waals surface area contributed by atoms with Crippen LogP contribution in [0, 0.1) is 6.92 Å². The van der Waals surface area contributed by atoms with E-state index in [2.05, 4.69) is 10.2 Å². The van der Waals surface area contributed by atoms with Crippen molar-refractivity contribution in [3.63, 3.8) is 0 Å². The summed E-state index contributed by atoms with van der Waals surface area (Å²) in [5.74, 6) is 0. The standard InChI is InChI=1S/C11H14N4OS/c1-3-15-10(16)13-14-11(15)17-8-4-5-9(12)7(2)6-8/h4-6H,3,12H2,1-2H3,(H,13,16). The fourth-order valence-electron chi connectivity index (χ4n) is 1.48. The molecule has 0 bridgehead atoms. The van der Waals surface area contributed by atoms with Crippen molar-refractivity contribution in [3.8, 4) is 0 Å². The van der Waals surface area contributed by atoms with Gasteiger partial charge in [-0.15, -0.1) is 5.10 Å². The van der Waals surface area contributed by atoms with E-state index in [4.69, 9.17) is 5.73 Å². The Bertz CT molecular complexity index is 587. The number of hydrogen-bond acceptors (Lipinski definition) is 4. The van der Waals surface area contributed by atoms with E-state index >= 15 is 0 Å². The van der Waals surface area contributed by atoms with Crippen molar-refractivity contribution in [3.05, 3.63) is 34.2 Å². The molecule has 0 aliphatic heterocycles. The number of aryl methyl sites for hydroxylation is 1. The van der Waals surface area contributed by atoms with Gasteiger partial charge in [0.1, 0.15) is 0 Å². The van der Waals surface area contributed by atoms with Gasteiger partial charge in [-0.2, -0.15) is 0 Å². The van der Waals surface area contributed by atoms with Crippen molar-refractivity contribution in [2.75, 3.05) is 5.73 Å². The largest absolute Gasteiger partial charge is 0.399 e. The molecule has 5 nitrogen and oxygen atoms in total. The molecule has 0 fully saturated rings. The maximum Gasteiger partial charge on any atom is 0.343 e. The van der Waals surface area contributed by atoms with E-state index in [-0.39, 0.29) is 5.69 Å². The second-order valence-electron chi connectivity index (χ2n) is 3.68. The van der Waals surface area contributed by atoms with Gasteiger partial charge in [0.05, 0.1) is 0 Å². The third-order valence-electron chi connectivity index (χ3n) is 2.49. The molecule has 1 aromatic heterocycles. The summed E-state index contributed by atoms with van der Waals surface area (Å²) < 4.78 is 1.59. The first kappa shape index (κ1) is 11.8. The molecule has 3 N–H and O–H groups in total. The number of hydrogen-bond donors (Lipinski definition) is 2. The van der Waals surface area contributed by atoms with E-state index in [1.165, 1.54) is 11.8 Å². The van der Waals surface area contributed by atoms with Crippen molar-refractivity contribution < 1.29 is 0 Å². The molecular formula is C11H14N4OS. The molecular weight excluding hydrogens is 236 g/mol. The van der Waals surface area contributed by atoms with E-state index in [0.29, 0.717) is 11.7 Å². The lowest BCUT2D eigenvalue weighted by atomic mass is 10.2. The Hall–Kier alpha value is -1.69. The van der Waals surface area contributed by atoms with Crippen LogP contribution < -0.4 is 11.4 Å². The first-order valence-corrected chi connectivity index (χ1v) is 6.12. The molecule has 0 aliphatic rings. The van der Waals surface area contributed by atoms with Crippen LogP contribution in [-0.4, -0.2) is 14.8 Å². The second kappa shape index (κ2) is 4.67. The molecule has 0 saturated carbocycles. The molecule has 90 valence electrons. The van der Waals surface area contributed by atoms with Crippen LogP contribution >= 0.6 is 11.8 Å². The fourth-order valence-corrected chi connectivity index (χ4v) is 2.47. The zero-order chi connectivity index (χ0) is 12.4. The summed E-state index contributed by atoms with van der Waals surface area (Å²) in [5.41, 5.74) is 7.37. The summed E-state index contributed by atoms with van der Waals surface area (Å²) in [5, 5.41) is 7.11. The number of benzene rings is 1. The van der Waals surface area contributed by atoms with Crippen LogP contribution in [0.25, 0.3) is 0 Å². The van der Waals surface area contributed by atoms with Crippen molar-refractivity contribution >= 4 is 17.4 Å². The van der Waals surface area contributed by atoms with Crippen LogP contribution in [0.3, 0.4) is 0 Å². The lowest BCUT2D eigenvalue weighted by Gasteiger charge is -2.04. The number of nitrogens with one attached hydrogen (secondary N) is 1. The third kappa shape index (κ3) is 2.36. The summed E-state index contributed by atoms with van der Waals surface area (Å²) in [6.07, 6.45) is 0. The van der Waals surface area contributed by atoms with E-state index in [1.54, 1.807) is 4.57 Å². The zero-order valence-electron chi connectivity index (χ0n) is 9.73. The number of anilines is 1. The van der Waals surface area contributed by atoms with E-state index in [1.807, 2.05) is 32.0 Å². The van der Waals surface area contributed by atoms with Gasteiger partial charge in [-0.3, -0.25) is 4.57 Å². The molecule has 0 unspecified atom stereocenters. The monoisotopic (exact) mass is 250 g/mol. The van der Waals surface area contributed by atoms with Gasteiger partial charge in [0, 0.05) is 17.1 Å². The van der Waals surface area contributed by atoms with E-state index in [9.17, 15) is 4.79 Å². The molecule has 6 heteroatoms. The number of nitrogens with two attached hydrogens (primary N) is 1. The predicted molar refractivity (Wildman–Crippen MR) is 68.2 cm³/mol. The topological polar surface area (TPSA) is 76.7 Å². The van der Waals surface area contributed by atoms with Gasteiger partial charge in [0.2, 0.25) is 0 Å². The smallest absolute Gasteiger partial charge is 0.343 e. The number of aromatic amines is 1. The highest BCUT2D eigenvalue weighted by atomic mass is 32.2. The highest BCUT2D eigenvalue weighted by Crippen LogP contribution is 2.27. The Morgan fingerprint density at radius 1 is 1.53 bits per heavy atom. The molecule has 17 heavy (non-hydrogen) atoms. The van der Waals surface area contributed by atoms with Crippen LogP contribution in [-0.2, 0) is 6.54 Å². The van der Waals surface area contributed by atoms with Crippen LogP contribution in [0.1, 0.15) is 12.5 Å². The number of nitrogens with zero attached hydrogens (tertiary/aromatic N) is 2. The summed E-state index contributed by atoms with van der Waals surface area (Å²) in [6.45, 7) is 4.47. The molecule has 0 saturated heterocycles. The van der Waals surface area contributed by atoms with Gasteiger partial charge in [-0.1, -0.05) is 0 Å². The summed E-state index contributed by atoms with van der Waals surface area (Å²) >= 11 is 1.45. The average molecular weight is 250 g/mol. The summed E-state index contributed by atoms with van der Waals surface area (Å²) in [7, 11) is 0. The van der Waals surface area contributed by atoms with Gasteiger partial charge >= 0.3 is 5.69 Å².